The Morgan fingerprint density at radius 2 is 1.75 bits per heavy atom. The van der Waals surface area contributed by atoms with E-state index in [2.05, 4.69) is 5.32 Å². The predicted molar refractivity (Wildman–Crippen MR) is 140 cm³/mol. The molecule has 36 heavy (non-hydrogen) atoms. The molecule has 2 atom stereocenters. The molecule has 0 fully saturated rings. The summed E-state index contributed by atoms with van der Waals surface area (Å²) in [6.07, 6.45) is -0.349. The second-order valence-electron chi connectivity index (χ2n) is 9.13. The zero-order valence-electron chi connectivity index (χ0n) is 21.2. The Morgan fingerprint density at radius 3 is 2.39 bits per heavy atom. The lowest BCUT2D eigenvalue weighted by Crippen LogP contribution is -2.51. The second kappa shape index (κ2) is 10.2. The number of carbonyl (C=O) groups excluding carboxylic acids is 1. The van der Waals surface area contributed by atoms with E-state index in [0.29, 0.717) is 17.9 Å². The lowest BCUT2D eigenvalue weighted by molar-refractivity contribution is -0.128. The van der Waals surface area contributed by atoms with Crippen LogP contribution in [0.2, 0.25) is 0 Å². The second-order valence-corrected chi connectivity index (χ2v) is 11.0. The molecule has 0 bridgehead atoms. The van der Waals surface area contributed by atoms with Crippen LogP contribution in [-0.2, 0) is 14.8 Å². The topological polar surface area (TPSA) is 84.9 Å². The van der Waals surface area contributed by atoms with E-state index in [4.69, 9.17) is 9.47 Å². The number of ether oxygens (including phenoxy) is 2. The minimum absolute atomic E-state index is 0.129. The molecule has 8 heteroatoms. The SMILES string of the molecule is CC[C@@H](NC(=O)[C@@H]1CN(S(=O)(=O)c2ccc(C)cc2)c2ccc(C)cc2O1)c1ccc(OC)c(C)c1. The number of aryl methyl sites for hydroxylation is 3. The van der Waals surface area contributed by atoms with Crippen LogP contribution in [0.5, 0.6) is 11.5 Å². The fourth-order valence-corrected chi connectivity index (χ4v) is 5.84. The highest BCUT2D eigenvalue weighted by Crippen LogP contribution is 2.38. The number of anilines is 1. The van der Waals surface area contributed by atoms with Crippen molar-refractivity contribution < 1.29 is 22.7 Å². The predicted octanol–water partition coefficient (Wildman–Crippen LogP) is 4.84. The van der Waals surface area contributed by atoms with Crippen molar-refractivity contribution in [3.8, 4) is 11.5 Å². The van der Waals surface area contributed by atoms with Crippen LogP contribution in [0.25, 0.3) is 0 Å². The first kappa shape index (κ1) is 25.6. The monoisotopic (exact) mass is 508 g/mol. The molecule has 1 N–H and O–H groups in total. The smallest absolute Gasteiger partial charge is 0.264 e. The van der Waals surface area contributed by atoms with E-state index in [0.717, 1.165) is 28.0 Å². The van der Waals surface area contributed by atoms with Crippen molar-refractivity contribution in [1.82, 2.24) is 5.32 Å². The molecule has 190 valence electrons. The maximum Gasteiger partial charge on any atom is 0.264 e. The Morgan fingerprint density at radius 1 is 1.06 bits per heavy atom. The summed E-state index contributed by atoms with van der Waals surface area (Å²) >= 11 is 0. The van der Waals surface area contributed by atoms with E-state index in [1.54, 1.807) is 43.5 Å². The molecular weight excluding hydrogens is 476 g/mol. The molecule has 1 aliphatic rings. The molecule has 1 amide bonds. The zero-order valence-corrected chi connectivity index (χ0v) is 22.1. The molecule has 0 aliphatic carbocycles. The first-order valence-electron chi connectivity index (χ1n) is 12.0. The van der Waals surface area contributed by atoms with E-state index < -0.39 is 16.1 Å². The van der Waals surface area contributed by atoms with Gasteiger partial charge in [0.1, 0.15) is 11.5 Å². The van der Waals surface area contributed by atoms with Gasteiger partial charge in [-0.15, -0.1) is 0 Å². The van der Waals surface area contributed by atoms with Gasteiger partial charge in [-0.05, 0) is 74.2 Å². The largest absolute Gasteiger partial charge is 0.496 e. The molecule has 4 rings (SSSR count). The summed E-state index contributed by atoms with van der Waals surface area (Å²) in [7, 11) is -2.29. The Bertz CT molecular complexity index is 1370. The third kappa shape index (κ3) is 5.04. The van der Waals surface area contributed by atoms with Crippen LogP contribution in [0.3, 0.4) is 0 Å². The molecular formula is C28H32N2O5S. The summed E-state index contributed by atoms with van der Waals surface area (Å²) in [5.41, 5.74) is 4.20. The molecule has 0 saturated carbocycles. The Kier molecular flexibility index (Phi) is 7.26. The van der Waals surface area contributed by atoms with Crippen molar-refractivity contribution in [2.75, 3.05) is 18.0 Å². The van der Waals surface area contributed by atoms with Crippen molar-refractivity contribution >= 4 is 21.6 Å². The van der Waals surface area contributed by atoms with Gasteiger partial charge in [-0.25, -0.2) is 8.42 Å². The van der Waals surface area contributed by atoms with Gasteiger partial charge >= 0.3 is 0 Å². The number of nitrogens with zero attached hydrogens (tertiary/aromatic N) is 1. The number of carbonyl (C=O) groups is 1. The molecule has 0 saturated heterocycles. The Labute approximate surface area is 213 Å². The van der Waals surface area contributed by atoms with Crippen molar-refractivity contribution in [2.24, 2.45) is 0 Å². The fraction of sp³-hybridized carbons (Fsp3) is 0.321. The number of fused-ring (bicyclic) bond motifs is 1. The highest BCUT2D eigenvalue weighted by Gasteiger charge is 2.38. The quantitative estimate of drug-likeness (QED) is 0.494. The highest BCUT2D eigenvalue weighted by molar-refractivity contribution is 7.92. The number of hydrogen-bond donors (Lipinski definition) is 1. The van der Waals surface area contributed by atoms with Gasteiger partial charge < -0.3 is 14.8 Å². The summed E-state index contributed by atoms with van der Waals surface area (Å²) in [6.45, 7) is 7.60. The maximum atomic E-state index is 13.6. The standard InChI is InChI=1S/C28H32N2O5S/c1-6-23(21-10-14-25(34-5)20(4)16-21)29-28(31)27-17-30(24-13-9-19(3)15-26(24)35-27)36(32,33)22-11-7-18(2)8-12-22/h7-16,23,27H,6,17H2,1-5H3,(H,29,31)/t23-,27+/m1/s1. The summed E-state index contributed by atoms with van der Waals surface area (Å²) in [6, 6.07) is 17.5. The molecule has 3 aromatic rings. The molecule has 0 radical (unpaired) electrons. The molecule has 0 spiro atoms. The normalized spacial score (nSPS) is 16.0. The van der Waals surface area contributed by atoms with Crippen molar-refractivity contribution in [1.29, 1.82) is 0 Å². The van der Waals surface area contributed by atoms with Crippen molar-refractivity contribution in [2.45, 2.75) is 51.2 Å². The molecule has 7 nitrogen and oxygen atoms in total. The molecule has 0 unspecified atom stereocenters. The first-order chi connectivity index (χ1) is 17.1. The first-order valence-corrected chi connectivity index (χ1v) is 13.4. The Hall–Kier alpha value is -3.52. The number of benzene rings is 3. The van der Waals surface area contributed by atoms with Crippen LogP contribution in [0.15, 0.2) is 65.6 Å². The van der Waals surface area contributed by atoms with E-state index in [1.807, 2.05) is 52.0 Å². The van der Waals surface area contributed by atoms with Crippen molar-refractivity contribution in [3.05, 3.63) is 82.9 Å². The summed E-state index contributed by atoms with van der Waals surface area (Å²) in [4.78, 5) is 13.6. The number of sulfonamides is 1. The third-order valence-electron chi connectivity index (χ3n) is 6.43. The maximum absolute atomic E-state index is 13.6. The van der Waals surface area contributed by atoms with Crippen LogP contribution in [0.4, 0.5) is 5.69 Å². The zero-order chi connectivity index (χ0) is 26.0. The number of amides is 1. The fourth-order valence-electron chi connectivity index (χ4n) is 4.37. The highest BCUT2D eigenvalue weighted by atomic mass is 32.2. The van der Waals surface area contributed by atoms with Gasteiger partial charge in [-0.3, -0.25) is 9.10 Å². The van der Waals surface area contributed by atoms with Crippen LogP contribution in [0.1, 0.15) is 41.6 Å². The lowest BCUT2D eigenvalue weighted by Gasteiger charge is -2.35. The van der Waals surface area contributed by atoms with Gasteiger partial charge in [0.2, 0.25) is 0 Å². The lowest BCUT2D eigenvalue weighted by atomic mass is 10.0. The number of hydrogen-bond acceptors (Lipinski definition) is 5. The van der Waals surface area contributed by atoms with E-state index in [9.17, 15) is 13.2 Å². The van der Waals surface area contributed by atoms with Gasteiger partial charge in [0.05, 0.1) is 30.3 Å². The number of nitrogens with one attached hydrogen (secondary N) is 1. The van der Waals surface area contributed by atoms with Crippen LogP contribution in [-0.4, -0.2) is 34.1 Å². The average molecular weight is 509 g/mol. The molecule has 0 aromatic heterocycles. The van der Waals surface area contributed by atoms with Gasteiger partial charge in [-0.2, -0.15) is 0 Å². The average Bonchev–Trinajstić information content (AvgIpc) is 2.86. The number of rotatable bonds is 7. The summed E-state index contributed by atoms with van der Waals surface area (Å²) in [5, 5.41) is 3.06. The van der Waals surface area contributed by atoms with Crippen molar-refractivity contribution in [3.63, 3.8) is 0 Å². The summed E-state index contributed by atoms with van der Waals surface area (Å²) in [5.74, 6) is 0.775. The Balaban J connectivity index is 1.64. The van der Waals surface area contributed by atoms with Gasteiger partial charge in [0.25, 0.3) is 15.9 Å². The van der Waals surface area contributed by atoms with Crippen LogP contribution < -0.4 is 19.1 Å². The van der Waals surface area contributed by atoms with Crippen LogP contribution >= 0.6 is 0 Å². The van der Waals surface area contributed by atoms with Gasteiger partial charge in [-0.1, -0.05) is 42.8 Å². The van der Waals surface area contributed by atoms with Gasteiger partial charge in [0, 0.05) is 0 Å². The molecule has 1 heterocycles. The number of methoxy groups -OCH3 is 1. The van der Waals surface area contributed by atoms with Crippen LogP contribution in [0, 0.1) is 20.8 Å². The van der Waals surface area contributed by atoms with E-state index in [-0.39, 0.29) is 23.4 Å². The van der Waals surface area contributed by atoms with E-state index >= 15 is 0 Å². The molecule has 1 aliphatic heterocycles. The minimum Gasteiger partial charge on any atom is -0.496 e. The van der Waals surface area contributed by atoms with E-state index in [1.165, 1.54) is 4.31 Å². The third-order valence-corrected chi connectivity index (χ3v) is 8.23. The van der Waals surface area contributed by atoms with Gasteiger partial charge in [0.15, 0.2) is 6.10 Å². The molecule has 3 aromatic carbocycles. The minimum atomic E-state index is -3.91. The summed E-state index contributed by atoms with van der Waals surface area (Å²) < 4.78 is 40.0.